The van der Waals surface area contributed by atoms with Crippen LogP contribution in [-0.2, 0) is 4.79 Å². The van der Waals surface area contributed by atoms with E-state index in [4.69, 9.17) is 5.11 Å². The highest BCUT2D eigenvalue weighted by molar-refractivity contribution is 5.94. The summed E-state index contributed by atoms with van der Waals surface area (Å²) in [6.07, 6.45) is 0. The number of aliphatic carboxylic acids is 1. The van der Waals surface area contributed by atoms with Crippen molar-refractivity contribution >= 4 is 11.9 Å². The molecular formula is C13H13F2NO3. The molecule has 102 valence electrons. The molecule has 19 heavy (non-hydrogen) atoms. The lowest BCUT2D eigenvalue weighted by atomic mass is 9.86. The van der Waals surface area contributed by atoms with Crippen molar-refractivity contribution < 1.29 is 23.5 Å². The summed E-state index contributed by atoms with van der Waals surface area (Å²) in [6, 6.07) is 2.97. The van der Waals surface area contributed by atoms with Crippen LogP contribution >= 0.6 is 0 Å². The average Bonchev–Trinajstić information content (AvgIpc) is 2.30. The second-order valence-electron chi connectivity index (χ2n) is 4.73. The van der Waals surface area contributed by atoms with Gasteiger partial charge in [-0.1, -0.05) is 6.92 Å². The van der Waals surface area contributed by atoms with Crippen molar-refractivity contribution in [2.45, 2.75) is 6.92 Å². The third-order valence-corrected chi connectivity index (χ3v) is 3.46. The third-order valence-electron chi connectivity index (χ3n) is 3.46. The van der Waals surface area contributed by atoms with Crippen molar-refractivity contribution in [3.05, 3.63) is 35.4 Å². The number of carbonyl (C=O) groups is 2. The number of carbonyl (C=O) groups excluding carboxylic acids is 1. The number of benzene rings is 1. The highest BCUT2D eigenvalue weighted by Gasteiger charge is 2.37. The molecule has 1 saturated heterocycles. The molecule has 1 aromatic rings. The predicted molar refractivity (Wildman–Crippen MR) is 62.6 cm³/mol. The zero-order valence-corrected chi connectivity index (χ0v) is 10.3. The molecule has 0 bridgehead atoms. The van der Waals surface area contributed by atoms with Crippen LogP contribution < -0.4 is 0 Å². The van der Waals surface area contributed by atoms with Crippen LogP contribution in [0.2, 0.25) is 0 Å². The predicted octanol–water partition coefficient (Wildman–Crippen LogP) is 1.76. The van der Waals surface area contributed by atoms with E-state index in [2.05, 4.69) is 0 Å². The summed E-state index contributed by atoms with van der Waals surface area (Å²) in [5.41, 5.74) is 0.0697. The molecule has 1 heterocycles. The number of likely N-dealkylation sites (tertiary alicyclic amines) is 1. The van der Waals surface area contributed by atoms with Gasteiger partial charge < -0.3 is 10.0 Å². The summed E-state index contributed by atoms with van der Waals surface area (Å²) in [7, 11) is 0. The molecule has 1 amide bonds. The van der Waals surface area contributed by atoms with E-state index < -0.39 is 29.4 Å². The van der Waals surface area contributed by atoms with E-state index in [9.17, 15) is 18.4 Å². The summed E-state index contributed by atoms with van der Waals surface area (Å²) >= 11 is 0. The lowest BCUT2D eigenvalue weighted by Crippen LogP contribution is -2.53. The fraction of sp³-hybridized carbons (Fsp3) is 0.385. The van der Waals surface area contributed by atoms with Gasteiger partial charge in [0.15, 0.2) is 11.6 Å². The van der Waals surface area contributed by atoms with Gasteiger partial charge in [-0.2, -0.15) is 0 Å². The highest BCUT2D eigenvalue weighted by atomic mass is 19.2. The Morgan fingerprint density at radius 1 is 1.32 bits per heavy atom. The van der Waals surface area contributed by atoms with Crippen LogP contribution in [0.1, 0.15) is 17.3 Å². The summed E-state index contributed by atoms with van der Waals surface area (Å²) in [4.78, 5) is 24.1. The van der Waals surface area contributed by atoms with Crippen LogP contribution in [0.25, 0.3) is 0 Å². The first kappa shape index (κ1) is 13.5. The second kappa shape index (κ2) is 4.95. The average molecular weight is 269 g/mol. The summed E-state index contributed by atoms with van der Waals surface area (Å²) in [5, 5.41) is 8.83. The Morgan fingerprint density at radius 3 is 2.47 bits per heavy atom. The molecule has 4 nitrogen and oxygen atoms in total. The van der Waals surface area contributed by atoms with Crippen molar-refractivity contribution in [1.82, 2.24) is 4.90 Å². The van der Waals surface area contributed by atoms with Crippen LogP contribution in [0, 0.1) is 23.5 Å². The van der Waals surface area contributed by atoms with E-state index in [-0.39, 0.29) is 11.5 Å². The second-order valence-corrected chi connectivity index (χ2v) is 4.73. The fourth-order valence-corrected chi connectivity index (χ4v) is 2.01. The fourth-order valence-electron chi connectivity index (χ4n) is 2.01. The molecule has 1 aliphatic heterocycles. The molecule has 1 unspecified atom stereocenters. The third kappa shape index (κ3) is 2.57. The largest absolute Gasteiger partial charge is 0.481 e. The molecule has 0 radical (unpaired) electrons. The SMILES string of the molecule is CC(C(=O)O)C1CN(C(=O)c2ccc(F)c(F)c2)C1. The Kier molecular flexibility index (Phi) is 3.50. The first-order valence-electron chi connectivity index (χ1n) is 5.87. The smallest absolute Gasteiger partial charge is 0.306 e. The van der Waals surface area contributed by atoms with Gasteiger partial charge in [0.2, 0.25) is 0 Å². The lowest BCUT2D eigenvalue weighted by molar-refractivity contribution is -0.144. The Labute approximate surface area is 108 Å². The molecule has 1 aliphatic rings. The van der Waals surface area contributed by atoms with Crippen molar-refractivity contribution in [2.24, 2.45) is 11.8 Å². The van der Waals surface area contributed by atoms with E-state index in [1.165, 1.54) is 11.0 Å². The summed E-state index contributed by atoms with van der Waals surface area (Å²) < 4.78 is 25.8. The van der Waals surface area contributed by atoms with Gasteiger partial charge in [0.05, 0.1) is 5.92 Å². The maximum Gasteiger partial charge on any atom is 0.306 e. The standard InChI is InChI=1S/C13H13F2NO3/c1-7(13(18)19)9-5-16(6-9)12(17)8-2-3-10(14)11(15)4-8/h2-4,7,9H,5-6H2,1H3,(H,18,19). The molecule has 0 aliphatic carbocycles. The number of nitrogens with zero attached hydrogens (tertiary/aromatic N) is 1. The molecule has 0 aromatic heterocycles. The Bertz CT molecular complexity index is 527. The zero-order valence-electron chi connectivity index (χ0n) is 10.3. The number of amides is 1. The summed E-state index contributed by atoms with van der Waals surface area (Å²) in [6.45, 7) is 2.24. The van der Waals surface area contributed by atoms with Crippen molar-refractivity contribution in [1.29, 1.82) is 0 Å². The van der Waals surface area contributed by atoms with Gasteiger partial charge in [-0.25, -0.2) is 8.78 Å². The number of hydrogen-bond acceptors (Lipinski definition) is 2. The van der Waals surface area contributed by atoms with Crippen LogP contribution in [0.4, 0.5) is 8.78 Å². The van der Waals surface area contributed by atoms with Gasteiger partial charge in [-0.05, 0) is 18.2 Å². The van der Waals surface area contributed by atoms with Gasteiger partial charge in [0, 0.05) is 24.6 Å². The first-order valence-corrected chi connectivity index (χ1v) is 5.87. The van der Waals surface area contributed by atoms with E-state index >= 15 is 0 Å². The number of hydrogen-bond donors (Lipinski definition) is 1. The van der Waals surface area contributed by atoms with Crippen LogP contribution in [-0.4, -0.2) is 35.0 Å². The van der Waals surface area contributed by atoms with Crippen molar-refractivity contribution in [2.75, 3.05) is 13.1 Å². The van der Waals surface area contributed by atoms with Crippen molar-refractivity contribution in [3.63, 3.8) is 0 Å². The molecule has 1 atom stereocenters. The number of carboxylic acid groups (broad SMARTS) is 1. The molecule has 0 spiro atoms. The first-order chi connectivity index (χ1) is 8.90. The molecule has 2 rings (SSSR count). The van der Waals surface area contributed by atoms with E-state index in [0.717, 1.165) is 12.1 Å². The van der Waals surface area contributed by atoms with Gasteiger partial charge in [-0.3, -0.25) is 9.59 Å². The number of carboxylic acids is 1. The van der Waals surface area contributed by atoms with Gasteiger partial charge in [0.25, 0.3) is 5.91 Å². The normalized spacial score (nSPS) is 16.9. The topological polar surface area (TPSA) is 57.6 Å². The van der Waals surface area contributed by atoms with E-state index in [1.807, 2.05) is 0 Å². The maximum absolute atomic E-state index is 13.0. The Morgan fingerprint density at radius 2 is 1.95 bits per heavy atom. The monoisotopic (exact) mass is 269 g/mol. The minimum atomic E-state index is -1.07. The maximum atomic E-state index is 13.0. The molecule has 0 saturated carbocycles. The quantitative estimate of drug-likeness (QED) is 0.909. The minimum Gasteiger partial charge on any atom is -0.481 e. The van der Waals surface area contributed by atoms with Gasteiger partial charge in [0.1, 0.15) is 0 Å². The highest BCUT2D eigenvalue weighted by Crippen LogP contribution is 2.26. The molecule has 1 N–H and O–H groups in total. The lowest BCUT2D eigenvalue weighted by Gasteiger charge is -2.41. The van der Waals surface area contributed by atoms with Gasteiger partial charge in [-0.15, -0.1) is 0 Å². The molecule has 6 heteroatoms. The summed E-state index contributed by atoms with van der Waals surface area (Å²) in [5.74, 6) is -3.99. The van der Waals surface area contributed by atoms with Gasteiger partial charge >= 0.3 is 5.97 Å². The number of rotatable bonds is 3. The number of halogens is 2. The van der Waals surface area contributed by atoms with Crippen molar-refractivity contribution in [3.8, 4) is 0 Å². The zero-order chi connectivity index (χ0) is 14.2. The Balaban J connectivity index is 2.00. The van der Waals surface area contributed by atoms with Crippen LogP contribution in [0.15, 0.2) is 18.2 Å². The van der Waals surface area contributed by atoms with Crippen LogP contribution in [0.3, 0.4) is 0 Å². The van der Waals surface area contributed by atoms with Crippen LogP contribution in [0.5, 0.6) is 0 Å². The molecule has 1 aromatic carbocycles. The molecule has 1 fully saturated rings. The van der Waals surface area contributed by atoms with E-state index in [1.54, 1.807) is 6.92 Å². The van der Waals surface area contributed by atoms with E-state index in [0.29, 0.717) is 13.1 Å². The molecular weight excluding hydrogens is 256 g/mol. The minimum absolute atomic E-state index is 0.0697. The Hall–Kier alpha value is -1.98.